The van der Waals surface area contributed by atoms with Crippen molar-refractivity contribution in [3.63, 3.8) is 0 Å². The number of aromatic nitrogens is 8. The third kappa shape index (κ3) is 4.09. The van der Waals surface area contributed by atoms with Crippen LogP contribution < -0.4 is 11.1 Å². The zero-order valence-electron chi connectivity index (χ0n) is 19.5. The standard InChI is InChI=1S/C21H16F6N10O2/c22-19(23,24)5-1-2-9-15-29-7-30-37(15)6-10(31-9)13-32-12(28)11-14(33-13)34-16(38)20(11,8-3-4-8)17-35-36-18(39-17)21(25,26)27/h6-8H,1-5H2,(H3,28,32,33,34,38). The van der Waals surface area contributed by atoms with Gasteiger partial charge in [0.1, 0.15) is 23.7 Å². The number of nitrogens with zero attached hydrogens (tertiary/aromatic N) is 8. The highest BCUT2D eigenvalue weighted by molar-refractivity contribution is 6.09. The normalized spacial score (nSPS) is 19.5. The number of alkyl halides is 6. The van der Waals surface area contributed by atoms with Crippen LogP contribution in [-0.2, 0) is 22.8 Å². The Balaban J connectivity index is 1.43. The highest BCUT2D eigenvalue weighted by Gasteiger charge is 2.63. The number of halogens is 6. The molecule has 1 unspecified atom stereocenters. The Labute approximate surface area is 213 Å². The number of carbonyl (C=O) groups excluding carboxylic acids is 1. The molecule has 39 heavy (non-hydrogen) atoms. The van der Waals surface area contributed by atoms with Crippen LogP contribution in [0, 0.1) is 5.92 Å². The molecule has 204 valence electrons. The molecule has 0 aromatic carbocycles. The van der Waals surface area contributed by atoms with Gasteiger partial charge < -0.3 is 15.5 Å². The summed E-state index contributed by atoms with van der Waals surface area (Å²) in [5, 5.41) is 13.1. The topological polar surface area (TPSA) is 163 Å². The van der Waals surface area contributed by atoms with E-state index in [2.05, 4.69) is 40.5 Å². The van der Waals surface area contributed by atoms with E-state index >= 15 is 0 Å². The van der Waals surface area contributed by atoms with Gasteiger partial charge in [-0.25, -0.2) is 24.5 Å². The first-order valence-electron chi connectivity index (χ1n) is 11.5. The van der Waals surface area contributed by atoms with Gasteiger partial charge in [-0.15, -0.1) is 10.2 Å². The highest BCUT2D eigenvalue weighted by Crippen LogP contribution is 2.57. The molecule has 1 fully saturated rings. The summed E-state index contributed by atoms with van der Waals surface area (Å²) in [5.41, 5.74) is 4.96. The van der Waals surface area contributed by atoms with Crippen molar-refractivity contribution in [2.45, 2.75) is 49.9 Å². The number of fused-ring (bicyclic) bond motifs is 2. The van der Waals surface area contributed by atoms with Crippen LogP contribution in [-0.4, -0.2) is 51.8 Å². The van der Waals surface area contributed by atoms with E-state index in [0.29, 0.717) is 12.8 Å². The van der Waals surface area contributed by atoms with Gasteiger partial charge in [0.2, 0.25) is 11.8 Å². The number of nitrogens with two attached hydrogens (primary N) is 1. The summed E-state index contributed by atoms with van der Waals surface area (Å²) in [6.45, 7) is 0. The van der Waals surface area contributed by atoms with E-state index in [4.69, 9.17) is 10.2 Å². The average molecular weight is 554 g/mol. The van der Waals surface area contributed by atoms with Crippen LogP contribution in [0.25, 0.3) is 17.2 Å². The molecule has 4 aromatic heterocycles. The van der Waals surface area contributed by atoms with Gasteiger partial charge in [0.25, 0.3) is 0 Å². The summed E-state index contributed by atoms with van der Waals surface area (Å²) >= 11 is 0. The summed E-state index contributed by atoms with van der Waals surface area (Å²) in [6.07, 6.45) is -7.08. The predicted molar refractivity (Wildman–Crippen MR) is 117 cm³/mol. The van der Waals surface area contributed by atoms with E-state index in [1.807, 2.05) is 0 Å². The Hall–Kier alpha value is -4.38. The third-order valence-corrected chi connectivity index (χ3v) is 6.55. The number of carbonyl (C=O) groups is 1. The van der Waals surface area contributed by atoms with E-state index in [0.717, 1.165) is 0 Å². The maximum absolute atomic E-state index is 13.3. The van der Waals surface area contributed by atoms with Crippen LogP contribution >= 0.6 is 0 Å². The molecule has 1 atom stereocenters. The first kappa shape index (κ1) is 24.9. The van der Waals surface area contributed by atoms with Gasteiger partial charge in [-0.1, -0.05) is 0 Å². The summed E-state index contributed by atoms with van der Waals surface area (Å²) in [5.74, 6) is -3.85. The van der Waals surface area contributed by atoms with E-state index in [9.17, 15) is 31.1 Å². The van der Waals surface area contributed by atoms with Gasteiger partial charge in [0, 0.05) is 6.42 Å². The average Bonchev–Trinajstić information content (AvgIpc) is 3.24. The molecule has 3 N–H and O–H groups in total. The van der Waals surface area contributed by atoms with Crippen molar-refractivity contribution in [2.75, 3.05) is 11.1 Å². The van der Waals surface area contributed by atoms with E-state index in [-0.39, 0.29) is 52.9 Å². The molecule has 0 radical (unpaired) electrons. The molecule has 1 aliphatic carbocycles. The molecule has 5 heterocycles. The Bertz CT molecular complexity index is 1610. The van der Waals surface area contributed by atoms with Gasteiger partial charge >= 0.3 is 18.2 Å². The van der Waals surface area contributed by atoms with E-state index in [1.165, 1.54) is 17.0 Å². The van der Waals surface area contributed by atoms with Crippen molar-refractivity contribution in [1.29, 1.82) is 0 Å². The number of nitrogens with one attached hydrogen (secondary N) is 1. The molecule has 2 aliphatic rings. The van der Waals surface area contributed by atoms with Crippen LogP contribution in [0.5, 0.6) is 0 Å². The second kappa shape index (κ2) is 8.31. The molecule has 1 amide bonds. The molecule has 6 rings (SSSR count). The fourth-order valence-electron chi connectivity index (χ4n) is 4.80. The SMILES string of the molecule is Nc1nc(-c2cn3ncnc3c(CCCC(F)(F)F)n2)nc2c1C(c1nnc(C(F)(F)F)o1)(C1CC1)C(=O)N2. The lowest BCUT2D eigenvalue weighted by Gasteiger charge is -2.23. The molecule has 12 nitrogen and oxygen atoms in total. The van der Waals surface area contributed by atoms with Gasteiger partial charge in [0.15, 0.2) is 16.9 Å². The number of hydrogen-bond donors (Lipinski definition) is 2. The van der Waals surface area contributed by atoms with Crippen LogP contribution in [0.1, 0.15) is 48.7 Å². The number of hydrogen-bond acceptors (Lipinski definition) is 10. The predicted octanol–water partition coefficient (Wildman–Crippen LogP) is 3.10. The Kier molecular flexibility index (Phi) is 5.31. The second-order valence-corrected chi connectivity index (χ2v) is 9.17. The minimum atomic E-state index is -4.93. The highest BCUT2D eigenvalue weighted by atomic mass is 19.4. The van der Waals surface area contributed by atoms with Crippen LogP contribution in [0.3, 0.4) is 0 Å². The quantitative estimate of drug-likeness (QED) is 0.339. The number of nitrogen functional groups attached to an aromatic ring is 1. The van der Waals surface area contributed by atoms with Crippen molar-refractivity contribution < 1.29 is 35.6 Å². The number of amides is 1. The number of anilines is 2. The molecule has 0 bridgehead atoms. The zero-order valence-corrected chi connectivity index (χ0v) is 19.5. The van der Waals surface area contributed by atoms with Gasteiger partial charge in [-0.3, -0.25) is 4.79 Å². The molecule has 1 saturated carbocycles. The first-order valence-corrected chi connectivity index (χ1v) is 11.5. The molecule has 4 aromatic rings. The lowest BCUT2D eigenvalue weighted by molar-refractivity contribution is -0.158. The molecular formula is C21H16F6N10O2. The van der Waals surface area contributed by atoms with Gasteiger partial charge in [0.05, 0.1) is 17.5 Å². The summed E-state index contributed by atoms with van der Waals surface area (Å²) in [4.78, 5) is 30.3. The Morgan fingerprint density at radius 2 is 1.90 bits per heavy atom. The lowest BCUT2D eigenvalue weighted by Crippen LogP contribution is -2.39. The summed E-state index contributed by atoms with van der Waals surface area (Å²) in [7, 11) is 0. The largest absolute Gasteiger partial charge is 0.470 e. The van der Waals surface area contributed by atoms with Gasteiger partial charge in [-0.2, -0.15) is 31.4 Å². The minimum absolute atomic E-state index is 0.00311. The van der Waals surface area contributed by atoms with E-state index < -0.39 is 47.8 Å². The zero-order chi connectivity index (χ0) is 27.7. The summed E-state index contributed by atoms with van der Waals surface area (Å²) in [6, 6.07) is 0. The summed E-state index contributed by atoms with van der Waals surface area (Å²) < 4.78 is 83.8. The van der Waals surface area contributed by atoms with Crippen molar-refractivity contribution in [2.24, 2.45) is 5.92 Å². The van der Waals surface area contributed by atoms with Crippen molar-refractivity contribution in [1.82, 2.24) is 39.7 Å². The fourth-order valence-corrected chi connectivity index (χ4v) is 4.80. The number of aryl methyl sites for hydroxylation is 1. The molecule has 0 saturated heterocycles. The molecule has 1 aliphatic heterocycles. The smallest absolute Gasteiger partial charge is 0.416 e. The molecule has 18 heteroatoms. The number of rotatable bonds is 6. The second-order valence-electron chi connectivity index (χ2n) is 9.17. The molecular weight excluding hydrogens is 538 g/mol. The van der Waals surface area contributed by atoms with E-state index in [1.54, 1.807) is 0 Å². The first-order chi connectivity index (χ1) is 18.4. The Morgan fingerprint density at radius 1 is 1.13 bits per heavy atom. The van der Waals surface area contributed by atoms with Crippen LogP contribution in [0.4, 0.5) is 38.0 Å². The fraction of sp³-hybridized carbons (Fsp3) is 0.429. The Morgan fingerprint density at radius 3 is 2.56 bits per heavy atom. The maximum atomic E-state index is 13.3. The third-order valence-electron chi connectivity index (χ3n) is 6.55. The van der Waals surface area contributed by atoms with Gasteiger partial charge in [-0.05, 0) is 31.6 Å². The van der Waals surface area contributed by atoms with Crippen LogP contribution in [0.15, 0.2) is 16.9 Å². The van der Waals surface area contributed by atoms with Crippen molar-refractivity contribution in [3.05, 3.63) is 35.6 Å². The monoisotopic (exact) mass is 554 g/mol. The van der Waals surface area contributed by atoms with Crippen molar-refractivity contribution in [3.8, 4) is 11.5 Å². The van der Waals surface area contributed by atoms with Crippen molar-refractivity contribution >= 4 is 23.2 Å². The minimum Gasteiger partial charge on any atom is -0.416 e. The molecule has 0 spiro atoms. The van der Waals surface area contributed by atoms with Crippen LogP contribution in [0.2, 0.25) is 0 Å². The lowest BCUT2D eigenvalue weighted by atomic mass is 9.77. The maximum Gasteiger partial charge on any atom is 0.470 e.